The molecule has 0 aliphatic rings. The van der Waals surface area contributed by atoms with Gasteiger partial charge in [0.2, 0.25) is 11.8 Å². The van der Waals surface area contributed by atoms with E-state index in [9.17, 15) is 19.5 Å². The van der Waals surface area contributed by atoms with Gasteiger partial charge >= 0.3 is 5.97 Å². The van der Waals surface area contributed by atoms with E-state index in [0.29, 0.717) is 0 Å². The van der Waals surface area contributed by atoms with E-state index in [-0.39, 0.29) is 23.4 Å². The maximum Gasteiger partial charge on any atom is 0.335 e. The second-order valence-corrected chi connectivity index (χ2v) is 3.80. The third kappa shape index (κ3) is 3.96. The molecule has 1 aromatic carbocycles. The molecule has 7 N–H and O–H groups in total. The van der Waals surface area contributed by atoms with E-state index < -0.39 is 23.8 Å². The van der Waals surface area contributed by atoms with Crippen molar-refractivity contribution in [1.29, 1.82) is 0 Å². The van der Waals surface area contributed by atoms with Crippen LogP contribution in [0, 0.1) is 0 Å². The molecule has 2 amide bonds. The van der Waals surface area contributed by atoms with Crippen molar-refractivity contribution in [3.05, 3.63) is 23.8 Å². The lowest BCUT2D eigenvalue weighted by atomic mass is 10.1. The molecule has 0 saturated carbocycles. The van der Waals surface area contributed by atoms with E-state index in [1.807, 2.05) is 0 Å². The quantitative estimate of drug-likeness (QED) is 0.441. The molecule has 0 saturated heterocycles. The summed E-state index contributed by atoms with van der Waals surface area (Å²) in [5, 5.41) is 20.5. The Bertz CT molecular complexity index is 529. The molecule has 8 heteroatoms. The fourth-order valence-corrected chi connectivity index (χ4v) is 1.30. The number of carbonyl (C=O) groups is 3. The Morgan fingerprint density at radius 1 is 1.32 bits per heavy atom. The van der Waals surface area contributed by atoms with E-state index >= 15 is 0 Å². The van der Waals surface area contributed by atoms with Gasteiger partial charge in [-0.3, -0.25) is 9.59 Å². The van der Waals surface area contributed by atoms with Crippen molar-refractivity contribution in [3.63, 3.8) is 0 Å². The van der Waals surface area contributed by atoms with E-state index in [2.05, 4.69) is 5.32 Å². The number of anilines is 1. The van der Waals surface area contributed by atoms with Crippen LogP contribution in [0.4, 0.5) is 5.69 Å². The highest BCUT2D eigenvalue weighted by Gasteiger charge is 2.18. The summed E-state index contributed by atoms with van der Waals surface area (Å²) in [6.45, 7) is 0. The van der Waals surface area contributed by atoms with E-state index in [4.69, 9.17) is 16.6 Å². The van der Waals surface area contributed by atoms with Crippen LogP contribution in [0.3, 0.4) is 0 Å². The van der Waals surface area contributed by atoms with Gasteiger partial charge < -0.3 is 27.0 Å². The number of aromatic carboxylic acids is 1. The van der Waals surface area contributed by atoms with Crippen LogP contribution in [0.5, 0.6) is 5.75 Å². The molecular weight excluding hydrogens is 254 g/mol. The number of rotatable bonds is 5. The van der Waals surface area contributed by atoms with Crippen molar-refractivity contribution >= 4 is 23.5 Å². The molecule has 0 bridgehead atoms. The number of aromatic hydroxyl groups is 1. The summed E-state index contributed by atoms with van der Waals surface area (Å²) in [6.07, 6.45) is -0.356. The number of benzene rings is 1. The Labute approximate surface area is 108 Å². The largest absolute Gasteiger partial charge is 0.506 e. The summed E-state index contributed by atoms with van der Waals surface area (Å²) in [6, 6.07) is 2.20. The van der Waals surface area contributed by atoms with Crippen LogP contribution >= 0.6 is 0 Å². The van der Waals surface area contributed by atoms with Gasteiger partial charge in [-0.15, -0.1) is 0 Å². The number of carboxylic acid groups (broad SMARTS) is 1. The highest BCUT2D eigenvalue weighted by Crippen LogP contribution is 2.24. The minimum atomic E-state index is -1.21. The van der Waals surface area contributed by atoms with Crippen molar-refractivity contribution in [3.8, 4) is 5.75 Å². The lowest BCUT2D eigenvalue weighted by molar-refractivity contribution is -0.123. The van der Waals surface area contributed by atoms with Gasteiger partial charge in [0.25, 0.3) is 0 Å². The summed E-state index contributed by atoms with van der Waals surface area (Å²) in [7, 11) is 0. The molecular formula is C11H13N3O5. The monoisotopic (exact) mass is 267 g/mol. The normalized spacial score (nSPS) is 11.6. The predicted octanol–water partition coefficient (Wildman–Crippen LogP) is -0.768. The van der Waals surface area contributed by atoms with Crippen molar-refractivity contribution in [1.82, 2.24) is 0 Å². The number of amides is 2. The molecule has 102 valence electrons. The highest BCUT2D eigenvalue weighted by atomic mass is 16.4. The molecule has 8 nitrogen and oxygen atoms in total. The van der Waals surface area contributed by atoms with Crippen molar-refractivity contribution < 1.29 is 24.6 Å². The molecule has 1 unspecified atom stereocenters. The Morgan fingerprint density at radius 3 is 2.47 bits per heavy atom. The van der Waals surface area contributed by atoms with Gasteiger partial charge in [0.1, 0.15) is 5.75 Å². The lowest BCUT2D eigenvalue weighted by Gasteiger charge is -2.12. The Morgan fingerprint density at radius 2 is 1.95 bits per heavy atom. The number of primary amides is 1. The number of phenolic OH excluding ortho intramolecular Hbond substituents is 1. The Kier molecular flexibility index (Phi) is 4.43. The lowest BCUT2D eigenvalue weighted by Crippen LogP contribution is -2.39. The minimum Gasteiger partial charge on any atom is -0.506 e. The fraction of sp³-hybridized carbons (Fsp3) is 0.182. The number of nitrogens with two attached hydrogens (primary N) is 2. The van der Waals surface area contributed by atoms with E-state index in [0.717, 1.165) is 12.1 Å². The second kappa shape index (κ2) is 5.83. The third-order valence-corrected chi connectivity index (χ3v) is 2.26. The van der Waals surface area contributed by atoms with Crippen LogP contribution in [0.2, 0.25) is 0 Å². The summed E-state index contributed by atoms with van der Waals surface area (Å²) in [4.78, 5) is 32.9. The topological polar surface area (TPSA) is 156 Å². The Hall–Kier alpha value is -2.61. The number of carbonyl (C=O) groups excluding carboxylic acids is 2. The molecule has 0 fully saturated rings. The SMILES string of the molecule is NC(=O)CC(N)C(=O)Nc1cc(C(=O)O)ccc1O. The summed E-state index contributed by atoms with van der Waals surface area (Å²) >= 11 is 0. The first kappa shape index (κ1) is 14.5. The second-order valence-electron chi connectivity index (χ2n) is 3.80. The van der Waals surface area contributed by atoms with Crippen LogP contribution < -0.4 is 16.8 Å². The number of carboxylic acids is 1. The average Bonchev–Trinajstić information content (AvgIpc) is 2.30. The standard InChI is InChI=1S/C11H13N3O5/c12-6(4-9(13)16)10(17)14-7-3-5(11(18)19)1-2-8(7)15/h1-3,6,15H,4,12H2,(H2,13,16)(H,14,17)(H,18,19). The molecule has 0 spiro atoms. The number of hydrogen-bond donors (Lipinski definition) is 5. The van der Waals surface area contributed by atoms with Gasteiger partial charge in [0.05, 0.1) is 23.7 Å². The molecule has 0 aliphatic heterocycles. The first-order valence-electron chi connectivity index (χ1n) is 5.22. The van der Waals surface area contributed by atoms with Crippen LogP contribution in [-0.4, -0.2) is 34.0 Å². The first-order valence-corrected chi connectivity index (χ1v) is 5.22. The summed E-state index contributed by atoms with van der Waals surface area (Å²) in [5.74, 6) is -3.02. The maximum atomic E-state index is 11.6. The van der Waals surface area contributed by atoms with Gasteiger partial charge in [0.15, 0.2) is 0 Å². The summed E-state index contributed by atoms with van der Waals surface area (Å²) in [5.41, 5.74) is 10.1. The van der Waals surface area contributed by atoms with Crippen LogP contribution in [-0.2, 0) is 9.59 Å². The smallest absolute Gasteiger partial charge is 0.335 e. The first-order chi connectivity index (χ1) is 8.81. The number of phenols is 1. The molecule has 0 aliphatic carbocycles. The zero-order chi connectivity index (χ0) is 14.6. The number of nitrogens with one attached hydrogen (secondary N) is 1. The Balaban J connectivity index is 2.86. The van der Waals surface area contributed by atoms with Gasteiger partial charge in [-0.25, -0.2) is 4.79 Å². The maximum absolute atomic E-state index is 11.6. The minimum absolute atomic E-state index is 0.107. The van der Waals surface area contributed by atoms with E-state index in [1.54, 1.807) is 0 Å². The zero-order valence-electron chi connectivity index (χ0n) is 9.79. The van der Waals surface area contributed by atoms with Crippen LogP contribution in [0.25, 0.3) is 0 Å². The fourth-order valence-electron chi connectivity index (χ4n) is 1.30. The molecule has 0 radical (unpaired) electrons. The van der Waals surface area contributed by atoms with Crippen LogP contribution in [0.1, 0.15) is 16.8 Å². The van der Waals surface area contributed by atoms with Gasteiger partial charge in [-0.2, -0.15) is 0 Å². The van der Waals surface area contributed by atoms with Gasteiger partial charge in [0, 0.05) is 0 Å². The van der Waals surface area contributed by atoms with Crippen molar-refractivity contribution in [2.75, 3.05) is 5.32 Å². The predicted molar refractivity (Wildman–Crippen MR) is 65.5 cm³/mol. The molecule has 1 atom stereocenters. The van der Waals surface area contributed by atoms with Gasteiger partial charge in [-0.1, -0.05) is 0 Å². The molecule has 1 rings (SSSR count). The van der Waals surface area contributed by atoms with E-state index in [1.165, 1.54) is 6.07 Å². The molecule has 19 heavy (non-hydrogen) atoms. The third-order valence-electron chi connectivity index (χ3n) is 2.26. The molecule has 0 heterocycles. The summed E-state index contributed by atoms with van der Waals surface area (Å²) < 4.78 is 0. The van der Waals surface area contributed by atoms with Crippen molar-refractivity contribution in [2.24, 2.45) is 11.5 Å². The highest BCUT2D eigenvalue weighted by molar-refractivity contribution is 5.99. The number of hydrogen-bond acceptors (Lipinski definition) is 5. The zero-order valence-corrected chi connectivity index (χ0v) is 9.79. The van der Waals surface area contributed by atoms with Crippen LogP contribution in [0.15, 0.2) is 18.2 Å². The van der Waals surface area contributed by atoms with Crippen molar-refractivity contribution in [2.45, 2.75) is 12.5 Å². The molecule has 1 aromatic rings. The molecule has 0 aromatic heterocycles. The average molecular weight is 267 g/mol. The van der Waals surface area contributed by atoms with Gasteiger partial charge in [-0.05, 0) is 18.2 Å².